The van der Waals surface area contributed by atoms with E-state index in [2.05, 4.69) is 20.1 Å². The Bertz CT molecular complexity index is 705. The maximum absolute atomic E-state index is 11.6. The highest BCUT2D eigenvalue weighted by atomic mass is 32.2. The van der Waals surface area contributed by atoms with Gasteiger partial charge in [0.05, 0.1) is 4.90 Å². The molecular weight excluding hydrogens is 270 g/mol. The van der Waals surface area contributed by atoms with Crippen molar-refractivity contribution in [2.75, 3.05) is 7.05 Å². The number of nitrogens with two attached hydrogens (primary N) is 1. The summed E-state index contributed by atoms with van der Waals surface area (Å²) in [6, 6.07) is 5.85. The smallest absolute Gasteiger partial charge is 0.271 e. The van der Waals surface area contributed by atoms with Gasteiger partial charge in [0.15, 0.2) is 5.69 Å². The first-order valence-corrected chi connectivity index (χ1v) is 6.68. The number of hydrogen-bond donors (Lipinski definition) is 3. The molecule has 19 heavy (non-hydrogen) atoms. The zero-order valence-electron chi connectivity index (χ0n) is 9.91. The summed E-state index contributed by atoms with van der Waals surface area (Å²) in [5, 5.41) is 9.76. The Kier molecular flexibility index (Phi) is 3.32. The van der Waals surface area contributed by atoms with Crippen LogP contribution in [0.3, 0.4) is 0 Å². The highest BCUT2D eigenvalue weighted by molar-refractivity contribution is 7.89. The van der Waals surface area contributed by atoms with Crippen LogP contribution in [0.2, 0.25) is 0 Å². The molecule has 9 heteroatoms. The molecule has 0 radical (unpaired) electrons. The standard InChI is InChI=1S/C10H11N5O3S/c1-12-19(17,18)7-4-2-6(3-5-7)8-9(10(11)16)14-15-13-8/h2-5,12H,1H3,(H2,11,16)(H,13,14,15). The maximum atomic E-state index is 11.6. The molecule has 1 amide bonds. The molecule has 1 heterocycles. The Balaban J connectivity index is 2.44. The first kappa shape index (κ1) is 13.2. The third-order valence-electron chi connectivity index (χ3n) is 2.49. The molecule has 8 nitrogen and oxygen atoms in total. The SMILES string of the molecule is CNS(=O)(=O)c1ccc(-c2n[nH]nc2C(N)=O)cc1. The van der Waals surface area contributed by atoms with E-state index in [1.165, 1.54) is 31.3 Å². The Labute approximate surface area is 109 Å². The summed E-state index contributed by atoms with van der Waals surface area (Å²) in [6.45, 7) is 0. The van der Waals surface area contributed by atoms with E-state index in [0.29, 0.717) is 5.56 Å². The van der Waals surface area contributed by atoms with E-state index >= 15 is 0 Å². The average Bonchev–Trinajstić information content (AvgIpc) is 2.88. The summed E-state index contributed by atoms with van der Waals surface area (Å²) in [5.41, 5.74) is 5.97. The Morgan fingerprint density at radius 1 is 1.26 bits per heavy atom. The molecule has 100 valence electrons. The summed E-state index contributed by atoms with van der Waals surface area (Å²) in [4.78, 5) is 11.2. The number of aromatic amines is 1. The van der Waals surface area contributed by atoms with Gasteiger partial charge in [0.25, 0.3) is 5.91 Å². The molecule has 0 unspecified atom stereocenters. The van der Waals surface area contributed by atoms with Crippen LogP contribution in [0, 0.1) is 0 Å². The van der Waals surface area contributed by atoms with Gasteiger partial charge >= 0.3 is 0 Å². The second kappa shape index (κ2) is 4.78. The second-order valence-electron chi connectivity index (χ2n) is 3.62. The monoisotopic (exact) mass is 281 g/mol. The molecule has 2 aromatic rings. The number of nitrogens with one attached hydrogen (secondary N) is 2. The first-order valence-electron chi connectivity index (χ1n) is 5.20. The number of rotatable bonds is 4. The van der Waals surface area contributed by atoms with Crippen molar-refractivity contribution in [1.82, 2.24) is 20.1 Å². The topological polar surface area (TPSA) is 131 Å². The lowest BCUT2D eigenvalue weighted by Gasteiger charge is -2.03. The van der Waals surface area contributed by atoms with Gasteiger partial charge in [-0.3, -0.25) is 4.79 Å². The lowest BCUT2D eigenvalue weighted by atomic mass is 10.1. The fourth-order valence-electron chi connectivity index (χ4n) is 1.51. The van der Waals surface area contributed by atoms with Crippen LogP contribution in [0.15, 0.2) is 29.2 Å². The molecule has 0 bridgehead atoms. The van der Waals surface area contributed by atoms with Crippen LogP contribution in [0.25, 0.3) is 11.3 Å². The van der Waals surface area contributed by atoms with E-state index < -0.39 is 15.9 Å². The number of carbonyl (C=O) groups excluding carboxylic acids is 1. The Hall–Kier alpha value is -2.26. The Morgan fingerprint density at radius 3 is 2.42 bits per heavy atom. The van der Waals surface area contributed by atoms with Gasteiger partial charge < -0.3 is 5.73 Å². The number of amides is 1. The van der Waals surface area contributed by atoms with Gasteiger partial charge in [-0.05, 0) is 19.2 Å². The van der Waals surface area contributed by atoms with E-state index in [4.69, 9.17) is 5.73 Å². The van der Waals surface area contributed by atoms with Crippen molar-refractivity contribution in [1.29, 1.82) is 0 Å². The van der Waals surface area contributed by atoms with Crippen molar-refractivity contribution in [2.24, 2.45) is 5.73 Å². The van der Waals surface area contributed by atoms with Crippen LogP contribution in [0.4, 0.5) is 0 Å². The molecule has 2 rings (SSSR count). The van der Waals surface area contributed by atoms with E-state index in [1.807, 2.05) is 0 Å². The highest BCUT2D eigenvalue weighted by Gasteiger charge is 2.16. The third-order valence-corrected chi connectivity index (χ3v) is 3.92. The molecule has 0 saturated carbocycles. The molecule has 0 aliphatic carbocycles. The predicted molar refractivity (Wildman–Crippen MR) is 66.6 cm³/mol. The summed E-state index contributed by atoms with van der Waals surface area (Å²) in [5.74, 6) is -0.712. The second-order valence-corrected chi connectivity index (χ2v) is 5.50. The normalized spacial score (nSPS) is 11.4. The lowest BCUT2D eigenvalue weighted by Crippen LogP contribution is -2.18. The van der Waals surface area contributed by atoms with E-state index in [-0.39, 0.29) is 16.3 Å². The zero-order chi connectivity index (χ0) is 14.0. The fraction of sp³-hybridized carbons (Fsp3) is 0.100. The van der Waals surface area contributed by atoms with Gasteiger partial charge in [-0.15, -0.1) is 0 Å². The molecule has 0 spiro atoms. The van der Waals surface area contributed by atoms with Gasteiger partial charge in [-0.2, -0.15) is 15.4 Å². The third kappa shape index (κ3) is 2.46. The van der Waals surface area contributed by atoms with Crippen LogP contribution in [-0.4, -0.2) is 36.8 Å². The highest BCUT2D eigenvalue weighted by Crippen LogP contribution is 2.21. The van der Waals surface area contributed by atoms with Crippen LogP contribution >= 0.6 is 0 Å². The number of sulfonamides is 1. The molecule has 4 N–H and O–H groups in total. The van der Waals surface area contributed by atoms with Gasteiger partial charge in [0, 0.05) is 5.56 Å². The van der Waals surface area contributed by atoms with Gasteiger partial charge in [0.1, 0.15) is 5.69 Å². The van der Waals surface area contributed by atoms with Gasteiger partial charge in [-0.1, -0.05) is 12.1 Å². The number of carbonyl (C=O) groups is 1. The molecule has 0 atom stereocenters. The van der Waals surface area contributed by atoms with Gasteiger partial charge in [-0.25, -0.2) is 13.1 Å². The summed E-state index contributed by atoms with van der Waals surface area (Å²) >= 11 is 0. The molecular formula is C10H11N5O3S. The van der Waals surface area contributed by atoms with Crippen molar-refractivity contribution in [3.05, 3.63) is 30.0 Å². The first-order chi connectivity index (χ1) is 8.95. The maximum Gasteiger partial charge on any atom is 0.271 e. The predicted octanol–water partition coefficient (Wildman–Crippen LogP) is -0.521. The summed E-state index contributed by atoms with van der Waals surface area (Å²) in [7, 11) is -2.17. The number of nitrogens with zero attached hydrogens (tertiary/aromatic N) is 2. The minimum Gasteiger partial charge on any atom is -0.364 e. The molecule has 0 saturated heterocycles. The van der Waals surface area contributed by atoms with E-state index in [1.54, 1.807) is 0 Å². The summed E-state index contributed by atoms with van der Waals surface area (Å²) < 4.78 is 25.3. The zero-order valence-corrected chi connectivity index (χ0v) is 10.7. The molecule has 0 aliphatic rings. The quantitative estimate of drug-likeness (QED) is 0.694. The Morgan fingerprint density at radius 2 is 1.89 bits per heavy atom. The molecule has 1 aromatic carbocycles. The van der Waals surface area contributed by atoms with Crippen molar-refractivity contribution in [3.63, 3.8) is 0 Å². The van der Waals surface area contributed by atoms with Crippen molar-refractivity contribution in [3.8, 4) is 11.3 Å². The van der Waals surface area contributed by atoms with Crippen molar-refractivity contribution >= 4 is 15.9 Å². The van der Waals surface area contributed by atoms with Crippen LogP contribution < -0.4 is 10.5 Å². The van der Waals surface area contributed by atoms with Crippen molar-refractivity contribution in [2.45, 2.75) is 4.90 Å². The number of primary amides is 1. The molecule has 1 aromatic heterocycles. The van der Waals surface area contributed by atoms with E-state index in [0.717, 1.165) is 0 Å². The fourth-order valence-corrected chi connectivity index (χ4v) is 2.24. The minimum atomic E-state index is -3.50. The van der Waals surface area contributed by atoms with E-state index in [9.17, 15) is 13.2 Å². The van der Waals surface area contributed by atoms with Gasteiger partial charge in [0.2, 0.25) is 10.0 Å². The van der Waals surface area contributed by atoms with Crippen LogP contribution in [0.1, 0.15) is 10.5 Å². The average molecular weight is 281 g/mol. The van der Waals surface area contributed by atoms with Crippen molar-refractivity contribution < 1.29 is 13.2 Å². The lowest BCUT2D eigenvalue weighted by molar-refractivity contribution is 0.0996. The summed E-state index contributed by atoms with van der Waals surface area (Å²) in [6.07, 6.45) is 0. The van der Waals surface area contributed by atoms with Crippen LogP contribution in [0.5, 0.6) is 0 Å². The molecule has 0 aliphatic heterocycles. The number of hydrogen-bond acceptors (Lipinski definition) is 5. The van der Waals surface area contributed by atoms with Crippen LogP contribution in [-0.2, 0) is 10.0 Å². The number of H-pyrrole nitrogens is 1. The number of aromatic nitrogens is 3. The largest absolute Gasteiger partial charge is 0.364 e. The number of benzene rings is 1. The minimum absolute atomic E-state index is 0.00391. The molecule has 0 fully saturated rings.